The maximum absolute atomic E-state index is 12.6. The summed E-state index contributed by atoms with van der Waals surface area (Å²) >= 11 is 0. The first kappa shape index (κ1) is 17.2. The molecule has 0 bridgehead atoms. The van der Waals surface area contributed by atoms with Gasteiger partial charge in [-0.3, -0.25) is 14.0 Å². The molecule has 0 atom stereocenters. The van der Waals surface area contributed by atoms with Crippen LogP contribution in [0, 0.1) is 6.92 Å². The van der Waals surface area contributed by atoms with Crippen molar-refractivity contribution in [2.24, 2.45) is 0 Å². The van der Waals surface area contributed by atoms with Crippen LogP contribution in [0.25, 0.3) is 5.78 Å². The Labute approximate surface area is 155 Å². The number of anilines is 1. The Bertz CT molecular complexity index is 1020. The zero-order valence-electron chi connectivity index (χ0n) is 15.2. The molecule has 3 aromatic heterocycles. The first-order chi connectivity index (χ1) is 13.1. The van der Waals surface area contributed by atoms with Gasteiger partial charge in [0, 0.05) is 57.1 Å². The lowest BCUT2D eigenvalue weighted by molar-refractivity contribution is -0.131. The van der Waals surface area contributed by atoms with Crippen molar-refractivity contribution in [1.29, 1.82) is 0 Å². The third-order valence-electron chi connectivity index (χ3n) is 4.96. The van der Waals surface area contributed by atoms with Gasteiger partial charge in [-0.25, -0.2) is 4.98 Å². The molecule has 1 saturated heterocycles. The highest BCUT2D eigenvalue weighted by Gasteiger charge is 2.22. The van der Waals surface area contributed by atoms with Crippen LogP contribution in [-0.2, 0) is 11.3 Å². The van der Waals surface area contributed by atoms with Gasteiger partial charge in [0.25, 0.3) is 11.3 Å². The lowest BCUT2D eigenvalue weighted by Crippen LogP contribution is -2.49. The summed E-state index contributed by atoms with van der Waals surface area (Å²) in [6.45, 7) is 5.04. The van der Waals surface area contributed by atoms with Gasteiger partial charge in [-0.15, -0.1) is 10.2 Å². The van der Waals surface area contributed by atoms with Crippen LogP contribution in [0.4, 0.5) is 5.82 Å². The maximum atomic E-state index is 12.6. The van der Waals surface area contributed by atoms with Crippen LogP contribution in [0.5, 0.6) is 0 Å². The highest BCUT2D eigenvalue weighted by molar-refractivity contribution is 5.76. The molecule has 0 radical (unpaired) electrons. The van der Waals surface area contributed by atoms with E-state index < -0.39 is 0 Å². The van der Waals surface area contributed by atoms with Crippen LogP contribution in [-0.4, -0.2) is 61.1 Å². The number of rotatable bonds is 4. The van der Waals surface area contributed by atoms with Gasteiger partial charge in [0.1, 0.15) is 12.1 Å². The van der Waals surface area contributed by atoms with E-state index in [0.717, 1.165) is 24.6 Å². The molecular weight excluding hydrogens is 346 g/mol. The molecule has 1 aliphatic heterocycles. The topological polar surface area (TPSA) is 88.6 Å². The molecule has 0 N–H and O–H groups in total. The molecule has 140 valence electrons. The predicted molar refractivity (Wildman–Crippen MR) is 99.6 cm³/mol. The SMILES string of the molecule is Cc1cccc(=O)n1CCC(=O)N1CCN(c2ccnc3nncn23)CC1. The lowest BCUT2D eigenvalue weighted by atomic mass is 10.2. The van der Waals surface area contributed by atoms with Crippen LogP contribution in [0.2, 0.25) is 0 Å². The Kier molecular flexibility index (Phi) is 4.57. The maximum Gasteiger partial charge on any atom is 0.256 e. The van der Waals surface area contributed by atoms with Gasteiger partial charge in [0.2, 0.25) is 5.91 Å². The first-order valence-electron chi connectivity index (χ1n) is 8.97. The summed E-state index contributed by atoms with van der Waals surface area (Å²) in [5.74, 6) is 1.62. The van der Waals surface area contributed by atoms with Gasteiger partial charge >= 0.3 is 0 Å². The molecule has 1 amide bonds. The average Bonchev–Trinajstić information content (AvgIpc) is 3.16. The molecule has 4 heterocycles. The molecular formula is C18H21N7O2. The number of pyridine rings is 1. The van der Waals surface area contributed by atoms with E-state index in [1.54, 1.807) is 23.2 Å². The monoisotopic (exact) mass is 367 g/mol. The van der Waals surface area contributed by atoms with Crippen molar-refractivity contribution in [3.05, 3.63) is 52.8 Å². The second kappa shape index (κ2) is 7.18. The van der Waals surface area contributed by atoms with E-state index in [1.807, 2.05) is 28.4 Å². The molecule has 9 heteroatoms. The largest absolute Gasteiger partial charge is 0.354 e. The summed E-state index contributed by atoms with van der Waals surface area (Å²) in [6, 6.07) is 7.07. The smallest absolute Gasteiger partial charge is 0.256 e. The average molecular weight is 367 g/mol. The molecule has 0 saturated carbocycles. The van der Waals surface area contributed by atoms with Crippen LogP contribution in [0.15, 0.2) is 41.6 Å². The summed E-state index contributed by atoms with van der Waals surface area (Å²) in [5, 5.41) is 7.87. The number of aryl methyl sites for hydroxylation is 1. The summed E-state index contributed by atoms with van der Waals surface area (Å²) in [5.41, 5.74) is 0.805. The van der Waals surface area contributed by atoms with Gasteiger partial charge in [-0.1, -0.05) is 6.07 Å². The normalized spacial score (nSPS) is 14.7. The number of aromatic nitrogens is 5. The minimum atomic E-state index is -0.0664. The molecule has 1 aliphatic rings. The number of carbonyl (C=O) groups excluding carboxylic acids is 1. The van der Waals surface area contributed by atoms with Crippen LogP contribution >= 0.6 is 0 Å². The Morgan fingerprint density at radius 3 is 2.74 bits per heavy atom. The number of hydrogen-bond acceptors (Lipinski definition) is 6. The molecule has 0 aliphatic carbocycles. The van der Waals surface area contributed by atoms with Gasteiger partial charge in [-0.2, -0.15) is 0 Å². The third kappa shape index (κ3) is 3.40. The standard InChI is InChI=1S/C18H21N7O2/c1-14-3-2-4-17(27)24(14)8-6-16(26)23-11-9-22(10-12-23)15-5-7-19-18-21-20-13-25(15)18/h2-5,7,13H,6,8-12H2,1H3. The van der Waals surface area contributed by atoms with E-state index in [1.165, 1.54) is 6.07 Å². The summed E-state index contributed by atoms with van der Waals surface area (Å²) in [4.78, 5) is 32.7. The van der Waals surface area contributed by atoms with Crippen LogP contribution in [0.1, 0.15) is 12.1 Å². The highest BCUT2D eigenvalue weighted by Crippen LogP contribution is 2.16. The van der Waals surface area contributed by atoms with E-state index in [4.69, 9.17) is 0 Å². The fraction of sp³-hybridized carbons (Fsp3) is 0.389. The third-order valence-corrected chi connectivity index (χ3v) is 4.96. The Morgan fingerprint density at radius 2 is 1.96 bits per heavy atom. The quantitative estimate of drug-likeness (QED) is 0.660. The Balaban J connectivity index is 1.37. The molecule has 0 aromatic carbocycles. The predicted octanol–water partition coefficient (Wildman–Crippen LogP) is 0.333. The summed E-state index contributed by atoms with van der Waals surface area (Å²) < 4.78 is 3.50. The van der Waals surface area contributed by atoms with Crippen molar-refractivity contribution >= 4 is 17.5 Å². The number of carbonyl (C=O) groups is 1. The highest BCUT2D eigenvalue weighted by atomic mass is 16.2. The van der Waals surface area contributed by atoms with Crippen molar-refractivity contribution < 1.29 is 4.79 Å². The van der Waals surface area contributed by atoms with E-state index in [0.29, 0.717) is 31.8 Å². The number of piperazine rings is 1. The van der Waals surface area contributed by atoms with Crippen molar-refractivity contribution in [1.82, 2.24) is 29.0 Å². The molecule has 0 unspecified atom stereocenters. The van der Waals surface area contributed by atoms with Crippen molar-refractivity contribution in [3.63, 3.8) is 0 Å². The van der Waals surface area contributed by atoms with Gasteiger partial charge in [0.15, 0.2) is 0 Å². The van der Waals surface area contributed by atoms with Crippen LogP contribution < -0.4 is 10.5 Å². The van der Waals surface area contributed by atoms with E-state index in [-0.39, 0.29) is 11.5 Å². The Hall–Kier alpha value is -3.23. The van der Waals surface area contributed by atoms with Crippen LogP contribution in [0.3, 0.4) is 0 Å². The minimum Gasteiger partial charge on any atom is -0.354 e. The minimum absolute atomic E-state index is 0.0664. The fourth-order valence-electron chi connectivity index (χ4n) is 3.45. The van der Waals surface area contributed by atoms with Gasteiger partial charge < -0.3 is 14.4 Å². The molecule has 3 aromatic rings. The molecule has 1 fully saturated rings. The molecule has 0 spiro atoms. The number of hydrogen-bond donors (Lipinski definition) is 0. The van der Waals surface area contributed by atoms with Crippen molar-refractivity contribution in [2.75, 3.05) is 31.1 Å². The van der Waals surface area contributed by atoms with E-state index in [2.05, 4.69) is 20.1 Å². The second-order valence-electron chi connectivity index (χ2n) is 6.58. The Morgan fingerprint density at radius 1 is 1.15 bits per heavy atom. The fourth-order valence-corrected chi connectivity index (χ4v) is 3.45. The summed E-state index contributed by atoms with van der Waals surface area (Å²) in [6.07, 6.45) is 3.70. The van der Waals surface area contributed by atoms with Gasteiger partial charge in [0.05, 0.1) is 0 Å². The summed E-state index contributed by atoms with van der Waals surface area (Å²) in [7, 11) is 0. The second-order valence-corrected chi connectivity index (χ2v) is 6.58. The number of amides is 1. The van der Waals surface area contributed by atoms with E-state index in [9.17, 15) is 9.59 Å². The van der Waals surface area contributed by atoms with Crippen molar-refractivity contribution in [3.8, 4) is 0 Å². The van der Waals surface area contributed by atoms with Gasteiger partial charge in [-0.05, 0) is 19.1 Å². The molecule has 9 nitrogen and oxygen atoms in total. The zero-order chi connectivity index (χ0) is 18.8. The number of fused-ring (bicyclic) bond motifs is 1. The van der Waals surface area contributed by atoms with Crippen molar-refractivity contribution in [2.45, 2.75) is 19.9 Å². The zero-order valence-corrected chi connectivity index (χ0v) is 15.2. The first-order valence-corrected chi connectivity index (χ1v) is 8.97. The lowest BCUT2D eigenvalue weighted by Gasteiger charge is -2.36. The number of nitrogens with zero attached hydrogens (tertiary/aromatic N) is 7. The van der Waals surface area contributed by atoms with E-state index >= 15 is 0 Å². The molecule has 4 rings (SSSR count). The molecule has 27 heavy (non-hydrogen) atoms.